The van der Waals surface area contributed by atoms with Crippen LogP contribution in [0.15, 0.2) is 28.2 Å². The number of rotatable bonds is 0. The molecule has 0 saturated carbocycles. The van der Waals surface area contributed by atoms with Gasteiger partial charge in [0.05, 0.1) is 22.9 Å². The third kappa shape index (κ3) is 1.27. The fraction of sp³-hybridized carbons (Fsp3) is 0.200. The van der Waals surface area contributed by atoms with Crippen molar-refractivity contribution in [3.05, 3.63) is 23.2 Å². The van der Waals surface area contributed by atoms with Crippen LogP contribution in [0.2, 0.25) is 5.02 Å². The van der Waals surface area contributed by atoms with Crippen LogP contribution in [0.4, 0.5) is 11.4 Å². The molecule has 5 heteroatoms. The van der Waals surface area contributed by atoms with Gasteiger partial charge in [-0.2, -0.15) is 0 Å². The number of halogens is 2. The fourth-order valence-electron chi connectivity index (χ4n) is 1.86. The lowest BCUT2D eigenvalue weighted by atomic mass is 10.2. The molecule has 0 atom stereocenters. The molecule has 0 N–H and O–H groups in total. The van der Waals surface area contributed by atoms with Crippen molar-refractivity contribution in [2.24, 2.45) is 9.98 Å². The molecule has 2 aliphatic rings. The minimum atomic E-state index is 0.447. The van der Waals surface area contributed by atoms with E-state index in [2.05, 4.69) is 9.98 Å². The first-order valence-corrected chi connectivity index (χ1v) is 5.38. The van der Waals surface area contributed by atoms with Crippen LogP contribution in [0.3, 0.4) is 0 Å². The summed E-state index contributed by atoms with van der Waals surface area (Å²) in [6, 6.07) is 5.62. The summed E-state index contributed by atoms with van der Waals surface area (Å²) in [5.41, 5.74) is 1.73. The monoisotopic (exact) mass is 239 g/mol. The first kappa shape index (κ1) is 9.19. The fourth-order valence-corrected chi connectivity index (χ4v) is 2.38. The molecule has 0 spiro atoms. The van der Waals surface area contributed by atoms with E-state index in [9.17, 15) is 0 Å². The Kier molecular flexibility index (Phi) is 1.97. The van der Waals surface area contributed by atoms with Gasteiger partial charge in [0.25, 0.3) is 0 Å². The van der Waals surface area contributed by atoms with Gasteiger partial charge >= 0.3 is 0 Å². The number of amidine groups is 1. The second-order valence-electron chi connectivity index (χ2n) is 3.37. The number of para-hydroxylation sites is 1. The molecule has 0 bridgehead atoms. The van der Waals surface area contributed by atoms with Crippen molar-refractivity contribution >= 4 is 45.6 Å². The maximum absolute atomic E-state index is 6.15. The lowest BCUT2D eigenvalue weighted by Crippen LogP contribution is -2.33. The highest BCUT2D eigenvalue weighted by atomic mass is 35.5. The van der Waals surface area contributed by atoms with Gasteiger partial charge in [-0.15, -0.1) is 0 Å². The van der Waals surface area contributed by atoms with Crippen LogP contribution in [-0.4, -0.2) is 24.1 Å². The second-order valence-corrected chi connectivity index (χ2v) is 4.13. The summed E-state index contributed by atoms with van der Waals surface area (Å²) < 4.78 is 0. The van der Waals surface area contributed by atoms with E-state index in [0.29, 0.717) is 10.2 Å². The van der Waals surface area contributed by atoms with Crippen LogP contribution in [-0.2, 0) is 0 Å². The highest BCUT2D eigenvalue weighted by Gasteiger charge is 2.29. The molecule has 0 fully saturated rings. The van der Waals surface area contributed by atoms with Crippen molar-refractivity contribution in [2.45, 2.75) is 0 Å². The molecular formula is C10H7Cl2N3. The van der Waals surface area contributed by atoms with Crippen molar-refractivity contribution in [2.75, 3.05) is 18.0 Å². The Balaban J connectivity index is 2.28. The minimum Gasteiger partial charge on any atom is -0.319 e. The highest BCUT2D eigenvalue weighted by Crippen LogP contribution is 2.40. The third-order valence-corrected chi connectivity index (χ3v) is 3.04. The van der Waals surface area contributed by atoms with Crippen molar-refractivity contribution < 1.29 is 0 Å². The molecule has 76 valence electrons. The zero-order valence-electron chi connectivity index (χ0n) is 7.74. The number of nitrogens with zero attached hydrogens (tertiary/aromatic N) is 3. The molecule has 2 aliphatic heterocycles. The van der Waals surface area contributed by atoms with Crippen LogP contribution >= 0.6 is 23.2 Å². The number of aliphatic imine (C=N–C) groups is 2. The summed E-state index contributed by atoms with van der Waals surface area (Å²) in [5.74, 6) is 0.734. The number of hydrogen-bond donors (Lipinski definition) is 0. The summed E-state index contributed by atoms with van der Waals surface area (Å²) in [5, 5.41) is 1.14. The third-order valence-electron chi connectivity index (χ3n) is 2.48. The first-order valence-electron chi connectivity index (χ1n) is 4.62. The molecule has 0 saturated heterocycles. The Morgan fingerprint density at radius 3 is 3.00 bits per heavy atom. The lowest BCUT2D eigenvalue weighted by Gasteiger charge is -2.25. The zero-order chi connectivity index (χ0) is 10.4. The van der Waals surface area contributed by atoms with Gasteiger partial charge in [-0.05, 0) is 12.1 Å². The van der Waals surface area contributed by atoms with E-state index in [0.717, 1.165) is 30.3 Å². The second kappa shape index (κ2) is 3.22. The standard InChI is InChI=1S/C10H7Cl2N3/c11-6-2-1-3-7-8(6)15-5-4-13-10(15)9(12)14-7/h1-3H,4-5H2. The SMILES string of the molecule is ClC1=Nc2cccc(Cl)c2N2CCN=C12. The molecule has 0 amide bonds. The molecule has 0 radical (unpaired) electrons. The molecule has 3 nitrogen and oxygen atoms in total. The number of anilines is 1. The molecule has 2 heterocycles. The Hall–Kier alpha value is -1.06. The van der Waals surface area contributed by atoms with Crippen molar-refractivity contribution in [1.29, 1.82) is 0 Å². The molecule has 3 rings (SSSR count). The van der Waals surface area contributed by atoms with Crippen LogP contribution in [0.5, 0.6) is 0 Å². The van der Waals surface area contributed by atoms with Gasteiger partial charge in [0.15, 0.2) is 11.0 Å². The molecule has 0 aromatic heterocycles. The van der Waals surface area contributed by atoms with E-state index in [1.165, 1.54) is 0 Å². The van der Waals surface area contributed by atoms with Crippen LogP contribution in [0, 0.1) is 0 Å². The summed E-state index contributed by atoms with van der Waals surface area (Å²) in [7, 11) is 0. The van der Waals surface area contributed by atoms with Gasteiger partial charge in [0.2, 0.25) is 0 Å². The van der Waals surface area contributed by atoms with E-state index in [1.54, 1.807) is 0 Å². The summed E-state index contributed by atoms with van der Waals surface area (Å²) in [6.07, 6.45) is 0. The van der Waals surface area contributed by atoms with Gasteiger partial charge in [-0.3, -0.25) is 4.99 Å². The van der Waals surface area contributed by atoms with Crippen molar-refractivity contribution in [3.63, 3.8) is 0 Å². The number of hydrogen-bond acceptors (Lipinski definition) is 3. The van der Waals surface area contributed by atoms with Gasteiger partial charge in [0.1, 0.15) is 0 Å². The number of benzene rings is 1. The summed E-state index contributed by atoms with van der Waals surface area (Å²) >= 11 is 12.2. The van der Waals surface area contributed by atoms with Crippen LogP contribution < -0.4 is 4.90 Å². The summed E-state index contributed by atoms with van der Waals surface area (Å²) in [4.78, 5) is 10.6. The maximum Gasteiger partial charge on any atom is 0.172 e. The van der Waals surface area contributed by atoms with Gasteiger partial charge in [-0.1, -0.05) is 29.3 Å². The molecule has 0 unspecified atom stereocenters. The Labute approximate surface area is 97.0 Å². The summed E-state index contributed by atoms with van der Waals surface area (Å²) in [6.45, 7) is 1.56. The van der Waals surface area contributed by atoms with Crippen LogP contribution in [0.1, 0.15) is 0 Å². The van der Waals surface area contributed by atoms with E-state index in [1.807, 2.05) is 23.1 Å². The minimum absolute atomic E-state index is 0.447. The highest BCUT2D eigenvalue weighted by molar-refractivity contribution is 6.85. The maximum atomic E-state index is 6.15. The zero-order valence-corrected chi connectivity index (χ0v) is 9.26. The normalized spacial score (nSPS) is 18.1. The largest absolute Gasteiger partial charge is 0.319 e. The van der Waals surface area contributed by atoms with Crippen molar-refractivity contribution in [1.82, 2.24) is 0 Å². The predicted molar refractivity (Wildman–Crippen MR) is 64.0 cm³/mol. The molecule has 15 heavy (non-hydrogen) atoms. The Bertz CT molecular complexity index is 493. The topological polar surface area (TPSA) is 28.0 Å². The van der Waals surface area contributed by atoms with E-state index >= 15 is 0 Å². The van der Waals surface area contributed by atoms with Gasteiger partial charge in [0, 0.05) is 6.54 Å². The average molecular weight is 240 g/mol. The molecule has 0 aliphatic carbocycles. The van der Waals surface area contributed by atoms with E-state index in [4.69, 9.17) is 23.2 Å². The van der Waals surface area contributed by atoms with Gasteiger partial charge in [-0.25, -0.2) is 4.99 Å². The lowest BCUT2D eigenvalue weighted by molar-refractivity contribution is 1.02. The quantitative estimate of drug-likeness (QED) is 0.685. The Morgan fingerprint density at radius 1 is 1.27 bits per heavy atom. The number of fused-ring (bicyclic) bond motifs is 3. The van der Waals surface area contributed by atoms with E-state index < -0.39 is 0 Å². The van der Waals surface area contributed by atoms with E-state index in [-0.39, 0.29) is 0 Å². The molecular weight excluding hydrogens is 233 g/mol. The van der Waals surface area contributed by atoms with Crippen LogP contribution in [0.25, 0.3) is 0 Å². The average Bonchev–Trinajstić information content (AvgIpc) is 2.66. The molecule has 1 aromatic carbocycles. The first-order chi connectivity index (χ1) is 7.27. The molecule has 1 aromatic rings. The predicted octanol–water partition coefficient (Wildman–Crippen LogP) is 2.84. The smallest absolute Gasteiger partial charge is 0.172 e. The Morgan fingerprint density at radius 2 is 2.13 bits per heavy atom. The van der Waals surface area contributed by atoms with Gasteiger partial charge < -0.3 is 4.90 Å². The van der Waals surface area contributed by atoms with Crippen molar-refractivity contribution in [3.8, 4) is 0 Å².